The molecule has 0 aliphatic heterocycles. The van der Waals surface area contributed by atoms with E-state index in [0.29, 0.717) is 16.9 Å². The molecule has 1 atom stereocenters. The first-order valence-corrected chi connectivity index (χ1v) is 9.62. The third-order valence-corrected chi connectivity index (χ3v) is 5.26. The number of thioether (sulfide) groups is 1. The van der Waals surface area contributed by atoms with Gasteiger partial charge in [0.25, 0.3) is 5.91 Å². The number of aliphatic hydroxyl groups is 1. The van der Waals surface area contributed by atoms with E-state index in [4.69, 9.17) is 0 Å². The van der Waals surface area contributed by atoms with Gasteiger partial charge < -0.3 is 10.4 Å². The predicted octanol–water partition coefficient (Wildman–Crippen LogP) is 3.29. The van der Waals surface area contributed by atoms with Crippen molar-refractivity contribution < 1.29 is 9.90 Å². The molecular weight excluding hydrogens is 354 g/mol. The molecule has 0 fully saturated rings. The Bertz CT molecular complexity index is 810. The summed E-state index contributed by atoms with van der Waals surface area (Å²) in [6.07, 6.45) is 2.45. The van der Waals surface area contributed by atoms with Gasteiger partial charge in [0.1, 0.15) is 0 Å². The van der Waals surface area contributed by atoms with Crippen molar-refractivity contribution in [2.24, 2.45) is 0 Å². The maximum Gasteiger partial charge on any atom is 0.252 e. The Morgan fingerprint density at radius 3 is 2.92 bits per heavy atom. The van der Waals surface area contributed by atoms with Gasteiger partial charge in [-0.1, -0.05) is 18.2 Å². The van der Waals surface area contributed by atoms with Gasteiger partial charge >= 0.3 is 0 Å². The molecule has 3 rings (SSSR count). The monoisotopic (exact) mass is 371 g/mol. The molecule has 5 nitrogen and oxygen atoms in total. The zero-order chi connectivity index (χ0) is 17.5. The first kappa shape index (κ1) is 17.6. The SMILES string of the molecule is O=C(NCC(O)c1cccnc1)c1ccccc1SCc1cscn1. The van der Waals surface area contributed by atoms with Gasteiger partial charge in [-0.05, 0) is 18.2 Å². The molecule has 128 valence electrons. The van der Waals surface area contributed by atoms with Crippen molar-refractivity contribution in [3.63, 3.8) is 0 Å². The number of nitrogens with one attached hydrogen (secondary N) is 1. The van der Waals surface area contributed by atoms with Crippen molar-refractivity contribution in [3.05, 3.63) is 76.5 Å². The molecule has 1 aromatic carbocycles. The first-order chi connectivity index (χ1) is 12.2. The van der Waals surface area contributed by atoms with Crippen molar-refractivity contribution in [1.29, 1.82) is 0 Å². The number of hydrogen-bond acceptors (Lipinski definition) is 6. The zero-order valence-corrected chi connectivity index (χ0v) is 15.0. The molecular formula is C18H17N3O2S2. The van der Waals surface area contributed by atoms with Crippen LogP contribution in [0.25, 0.3) is 0 Å². The van der Waals surface area contributed by atoms with Crippen molar-refractivity contribution in [3.8, 4) is 0 Å². The molecule has 2 aromatic heterocycles. The predicted molar refractivity (Wildman–Crippen MR) is 99.6 cm³/mol. The van der Waals surface area contributed by atoms with Gasteiger partial charge in [0.2, 0.25) is 0 Å². The number of aliphatic hydroxyl groups excluding tert-OH is 1. The summed E-state index contributed by atoms with van der Waals surface area (Å²) in [5.41, 5.74) is 4.07. The maximum absolute atomic E-state index is 12.5. The normalized spacial score (nSPS) is 11.9. The van der Waals surface area contributed by atoms with E-state index >= 15 is 0 Å². The van der Waals surface area contributed by atoms with Gasteiger partial charge in [0.05, 0.1) is 22.9 Å². The molecule has 2 heterocycles. The Morgan fingerprint density at radius 2 is 2.16 bits per heavy atom. The fourth-order valence-electron chi connectivity index (χ4n) is 2.22. The number of hydrogen-bond donors (Lipinski definition) is 2. The quantitative estimate of drug-likeness (QED) is 0.623. The van der Waals surface area contributed by atoms with Gasteiger partial charge in [-0.3, -0.25) is 9.78 Å². The van der Waals surface area contributed by atoms with Crippen LogP contribution < -0.4 is 5.32 Å². The second kappa shape index (κ2) is 8.75. The fraction of sp³-hybridized carbons (Fsp3) is 0.167. The van der Waals surface area contributed by atoms with Gasteiger partial charge in [-0.2, -0.15) is 0 Å². The van der Waals surface area contributed by atoms with Crippen LogP contribution in [0.4, 0.5) is 0 Å². The number of nitrogens with zero attached hydrogens (tertiary/aromatic N) is 2. The van der Waals surface area contributed by atoms with E-state index in [1.807, 2.05) is 23.6 Å². The van der Waals surface area contributed by atoms with Gasteiger partial charge in [0, 0.05) is 40.5 Å². The average molecular weight is 371 g/mol. The summed E-state index contributed by atoms with van der Waals surface area (Å²) in [5.74, 6) is 0.510. The molecule has 3 aromatic rings. The van der Waals surface area contributed by atoms with E-state index < -0.39 is 6.10 Å². The number of thiazole rings is 1. The molecule has 1 unspecified atom stereocenters. The Balaban J connectivity index is 1.61. The van der Waals surface area contributed by atoms with Gasteiger partial charge in [-0.15, -0.1) is 23.1 Å². The van der Waals surface area contributed by atoms with Gasteiger partial charge in [0.15, 0.2) is 0 Å². The fourth-order valence-corrected chi connectivity index (χ4v) is 3.83. The second-order valence-corrected chi connectivity index (χ2v) is 7.01. The van der Waals surface area contributed by atoms with Crippen LogP contribution in [0.3, 0.4) is 0 Å². The smallest absolute Gasteiger partial charge is 0.252 e. The largest absolute Gasteiger partial charge is 0.387 e. The summed E-state index contributed by atoms with van der Waals surface area (Å²) < 4.78 is 0. The number of aromatic nitrogens is 2. The second-order valence-electron chi connectivity index (χ2n) is 5.28. The van der Waals surface area contributed by atoms with Crippen LogP contribution in [-0.4, -0.2) is 27.5 Å². The molecule has 0 aliphatic rings. The highest BCUT2D eigenvalue weighted by atomic mass is 32.2. The van der Waals surface area contributed by atoms with Crippen LogP contribution >= 0.6 is 23.1 Å². The lowest BCUT2D eigenvalue weighted by Crippen LogP contribution is -2.28. The topological polar surface area (TPSA) is 75.1 Å². The summed E-state index contributed by atoms with van der Waals surface area (Å²) in [4.78, 5) is 21.6. The Morgan fingerprint density at radius 1 is 1.28 bits per heavy atom. The van der Waals surface area contributed by atoms with E-state index in [2.05, 4.69) is 15.3 Å². The van der Waals surface area contributed by atoms with E-state index in [0.717, 1.165) is 10.6 Å². The van der Waals surface area contributed by atoms with Crippen molar-refractivity contribution in [1.82, 2.24) is 15.3 Å². The minimum absolute atomic E-state index is 0.135. The molecule has 2 N–H and O–H groups in total. The minimum Gasteiger partial charge on any atom is -0.387 e. The van der Waals surface area contributed by atoms with Crippen LogP contribution in [0.15, 0.2) is 64.6 Å². The molecule has 0 bridgehead atoms. The van der Waals surface area contributed by atoms with Crippen LogP contribution in [0, 0.1) is 0 Å². The highest BCUT2D eigenvalue weighted by molar-refractivity contribution is 7.98. The number of carbonyl (C=O) groups excluding carboxylic acids is 1. The average Bonchev–Trinajstić information content (AvgIpc) is 3.18. The number of benzene rings is 1. The van der Waals surface area contributed by atoms with Crippen molar-refractivity contribution in [2.75, 3.05) is 6.54 Å². The number of carbonyl (C=O) groups is 1. The first-order valence-electron chi connectivity index (χ1n) is 7.69. The van der Waals surface area contributed by atoms with Gasteiger partial charge in [-0.25, -0.2) is 4.98 Å². The molecule has 7 heteroatoms. The van der Waals surface area contributed by atoms with E-state index in [1.54, 1.807) is 59.2 Å². The van der Waals surface area contributed by atoms with Crippen LogP contribution in [0.1, 0.15) is 27.7 Å². The number of amides is 1. The van der Waals surface area contributed by atoms with E-state index in [9.17, 15) is 9.90 Å². The van der Waals surface area contributed by atoms with Crippen LogP contribution in [-0.2, 0) is 5.75 Å². The molecule has 0 saturated heterocycles. The summed E-state index contributed by atoms with van der Waals surface area (Å²) in [5, 5.41) is 14.9. The lowest BCUT2D eigenvalue weighted by molar-refractivity contribution is 0.0913. The van der Waals surface area contributed by atoms with E-state index in [-0.39, 0.29) is 12.5 Å². The number of rotatable bonds is 7. The Hall–Kier alpha value is -2.22. The molecule has 0 saturated carbocycles. The molecule has 25 heavy (non-hydrogen) atoms. The minimum atomic E-state index is -0.785. The highest BCUT2D eigenvalue weighted by Crippen LogP contribution is 2.26. The summed E-state index contributed by atoms with van der Waals surface area (Å²) in [7, 11) is 0. The third-order valence-electron chi connectivity index (χ3n) is 3.52. The summed E-state index contributed by atoms with van der Waals surface area (Å²) in [6.45, 7) is 0.135. The number of pyridine rings is 1. The molecule has 0 aliphatic carbocycles. The maximum atomic E-state index is 12.5. The third kappa shape index (κ3) is 4.88. The lowest BCUT2D eigenvalue weighted by atomic mass is 10.1. The summed E-state index contributed by atoms with van der Waals surface area (Å²) in [6, 6.07) is 11.0. The summed E-state index contributed by atoms with van der Waals surface area (Å²) >= 11 is 3.13. The zero-order valence-electron chi connectivity index (χ0n) is 13.3. The molecule has 0 spiro atoms. The lowest BCUT2D eigenvalue weighted by Gasteiger charge is -2.13. The standard InChI is InChI=1S/C18H17N3O2S2/c22-16(13-4-3-7-19-8-13)9-20-18(23)15-5-1-2-6-17(15)25-11-14-10-24-12-21-14/h1-8,10,12,16,22H,9,11H2,(H,20,23). The van der Waals surface area contributed by atoms with E-state index in [1.165, 1.54) is 0 Å². The Kier molecular flexibility index (Phi) is 6.16. The Labute approximate surface area is 154 Å². The van der Waals surface area contributed by atoms with Crippen molar-refractivity contribution >= 4 is 29.0 Å². The molecule has 1 amide bonds. The van der Waals surface area contributed by atoms with Crippen LogP contribution in [0.5, 0.6) is 0 Å². The van der Waals surface area contributed by atoms with Crippen LogP contribution in [0.2, 0.25) is 0 Å². The van der Waals surface area contributed by atoms with Crippen molar-refractivity contribution in [2.45, 2.75) is 16.8 Å². The molecule has 0 radical (unpaired) electrons. The highest BCUT2D eigenvalue weighted by Gasteiger charge is 2.14.